The molecule has 2 N–H and O–H groups in total. The molecule has 1 unspecified atom stereocenters. The lowest BCUT2D eigenvalue weighted by Crippen LogP contribution is -2.25. The number of nitrogens with zero attached hydrogens (tertiary/aromatic N) is 1. The van der Waals surface area contributed by atoms with Crippen LogP contribution in [0.5, 0.6) is 5.75 Å². The minimum absolute atomic E-state index is 0.0146. The van der Waals surface area contributed by atoms with Gasteiger partial charge in [0.15, 0.2) is 0 Å². The smallest absolute Gasteiger partial charge is 0.137 e. The van der Waals surface area contributed by atoms with E-state index in [1.807, 2.05) is 12.1 Å². The Morgan fingerprint density at radius 2 is 2.39 bits per heavy atom. The number of pyridine rings is 1. The van der Waals surface area contributed by atoms with Gasteiger partial charge in [-0.2, -0.15) is 0 Å². The second-order valence-electron chi connectivity index (χ2n) is 4.73. The van der Waals surface area contributed by atoms with E-state index in [1.165, 1.54) is 12.8 Å². The molecule has 0 aliphatic carbocycles. The Kier molecular flexibility index (Phi) is 4.96. The molecule has 4 nitrogen and oxygen atoms in total. The number of hydrogen-bond donors (Lipinski definition) is 1. The summed E-state index contributed by atoms with van der Waals surface area (Å²) in [4.78, 5) is 4.32. The van der Waals surface area contributed by atoms with Crippen molar-refractivity contribution in [1.29, 1.82) is 0 Å². The summed E-state index contributed by atoms with van der Waals surface area (Å²) in [6, 6.07) is 3.88. The topological polar surface area (TPSA) is 57.4 Å². The Hall–Kier alpha value is -1.13. The number of aromatic nitrogens is 1. The number of ether oxygens (including phenoxy) is 2. The van der Waals surface area contributed by atoms with Crippen molar-refractivity contribution in [2.45, 2.75) is 44.8 Å². The molecule has 1 aromatic heterocycles. The first-order valence-electron chi connectivity index (χ1n) is 6.75. The first-order valence-corrected chi connectivity index (χ1v) is 6.75. The highest BCUT2D eigenvalue weighted by molar-refractivity contribution is 5.21. The molecule has 2 rings (SSSR count). The predicted octanol–water partition coefficient (Wildman–Crippen LogP) is 2.44. The average molecular weight is 250 g/mol. The third-order valence-electron chi connectivity index (χ3n) is 3.29. The standard InChI is InChI=1S/C14H22N2O2/c1-2-13(15)14-7-6-11(9-16-14)18-10-12-5-3-4-8-17-12/h6-7,9,12-13H,2-5,8,10,15H2,1H3/t12?,13-/m1/s1. The average Bonchev–Trinajstić information content (AvgIpc) is 2.46. The normalized spacial score (nSPS) is 21.6. The van der Waals surface area contributed by atoms with Crippen LogP contribution in [0.25, 0.3) is 0 Å². The zero-order valence-corrected chi connectivity index (χ0v) is 11.0. The second-order valence-corrected chi connectivity index (χ2v) is 4.73. The highest BCUT2D eigenvalue weighted by Crippen LogP contribution is 2.17. The summed E-state index contributed by atoms with van der Waals surface area (Å²) in [6.07, 6.45) is 6.36. The summed E-state index contributed by atoms with van der Waals surface area (Å²) in [7, 11) is 0. The van der Waals surface area contributed by atoms with E-state index >= 15 is 0 Å². The summed E-state index contributed by atoms with van der Waals surface area (Å²) in [5, 5.41) is 0. The van der Waals surface area contributed by atoms with Crippen LogP contribution in [0.15, 0.2) is 18.3 Å². The number of hydrogen-bond acceptors (Lipinski definition) is 4. The van der Waals surface area contributed by atoms with Gasteiger partial charge >= 0.3 is 0 Å². The predicted molar refractivity (Wildman–Crippen MR) is 70.5 cm³/mol. The van der Waals surface area contributed by atoms with Crippen molar-refractivity contribution in [3.63, 3.8) is 0 Å². The Morgan fingerprint density at radius 3 is 3.00 bits per heavy atom. The quantitative estimate of drug-likeness (QED) is 0.872. The maximum atomic E-state index is 5.91. The monoisotopic (exact) mass is 250 g/mol. The van der Waals surface area contributed by atoms with Gasteiger partial charge in [0, 0.05) is 12.6 Å². The SMILES string of the molecule is CC[C@@H](N)c1ccc(OCC2CCCCO2)cn1. The lowest BCUT2D eigenvalue weighted by molar-refractivity contribution is -0.0111. The van der Waals surface area contributed by atoms with Gasteiger partial charge in [0.1, 0.15) is 12.4 Å². The van der Waals surface area contributed by atoms with Crippen molar-refractivity contribution < 1.29 is 9.47 Å². The van der Waals surface area contributed by atoms with Crippen LogP contribution in [0.4, 0.5) is 0 Å². The molecule has 0 radical (unpaired) electrons. The highest BCUT2D eigenvalue weighted by atomic mass is 16.5. The molecule has 1 aliphatic heterocycles. The molecule has 1 aliphatic rings. The molecule has 4 heteroatoms. The van der Waals surface area contributed by atoms with Crippen molar-refractivity contribution in [3.8, 4) is 5.75 Å². The first kappa shape index (κ1) is 13.3. The van der Waals surface area contributed by atoms with Crippen LogP contribution in [-0.2, 0) is 4.74 Å². The minimum Gasteiger partial charge on any atom is -0.489 e. The summed E-state index contributed by atoms with van der Waals surface area (Å²) < 4.78 is 11.3. The fraction of sp³-hybridized carbons (Fsp3) is 0.643. The van der Waals surface area contributed by atoms with E-state index in [9.17, 15) is 0 Å². The third-order valence-corrected chi connectivity index (χ3v) is 3.29. The maximum Gasteiger partial charge on any atom is 0.137 e. The molecule has 0 spiro atoms. The lowest BCUT2D eigenvalue weighted by Gasteiger charge is -2.22. The summed E-state index contributed by atoms with van der Waals surface area (Å²) in [6.45, 7) is 3.52. The number of nitrogens with two attached hydrogens (primary N) is 1. The molecule has 1 saturated heterocycles. The molecular formula is C14H22N2O2. The van der Waals surface area contributed by atoms with Crippen LogP contribution in [0.3, 0.4) is 0 Å². The van der Waals surface area contributed by atoms with Crippen molar-refractivity contribution in [2.24, 2.45) is 5.73 Å². The van der Waals surface area contributed by atoms with Gasteiger partial charge in [-0.25, -0.2) is 0 Å². The molecule has 0 amide bonds. The van der Waals surface area contributed by atoms with E-state index in [2.05, 4.69) is 11.9 Å². The van der Waals surface area contributed by atoms with Gasteiger partial charge in [-0.1, -0.05) is 6.92 Å². The summed E-state index contributed by atoms with van der Waals surface area (Å²) >= 11 is 0. The van der Waals surface area contributed by atoms with E-state index in [0.717, 1.165) is 30.9 Å². The van der Waals surface area contributed by atoms with Crippen LogP contribution < -0.4 is 10.5 Å². The molecular weight excluding hydrogens is 228 g/mol. The van der Waals surface area contributed by atoms with E-state index < -0.39 is 0 Å². The van der Waals surface area contributed by atoms with Gasteiger partial charge in [0.25, 0.3) is 0 Å². The third kappa shape index (κ3) is 3.68. The van der Waals surface area contributed by atoms with E-state index in [0.29, 0.717) is 6.61 Å². The molecule has 100 valence electrons. The summed E-state index contributed by atoms with van der Waals surface area (Å²) in [5.74, 6) is 0.788. The van der Waals surface area contributed by atoms with Crippen molar-refractivity contribution in [2.75, 3.05) is 13.2 Å². The van der Waals surface area contributed by atoms with Gasteiger partial charge < -0.3 is 15.2 Å². The van der Waals surface area contributed by atoms with Crippen molar-refractivity contribution in [3.05, 3.63) is 24.0 Å². The molecule has 0 saturated carbocycles. The van der Waals surface area contributed by atoms with Crippen LogP contribution in [0.1, 0.15) is 44.3 Å². The number of rotatable bonds is 5. The molecule has 18 heavy (non-hydrogen) atoms. The fourth-order valence-electron chi connectivity index (χ4n) is 2.03. The zero-order valence-electron chi connectivity index (χ0n) is 11.0. The van der Waals surface area contributed by atoms with Crippen molar-refractivity contribution >= 4 is 0 Å². The Morgan fingerprint density at radius 1 is 1.50 bits per heavy atom. The maximum absolute atomic E-state index is 5.91. The molecule has 2 heterocycles. The van der Waals surface area contributed by atoms with E-state index in [4.69, 9.17) is 15.2 Å². The van der Waals surface area contributed by atoms with Crippen molar-refractivity contribution in [1.82, 2.24) is 4.98 Å². The largest absolute Gasteiger partial charge is 0.489 e. The van der Waals surface area contributed by atoms with Crippen LogP contribution in [-0.4, -0.2) is 24.3 Å². The second kappa shape index (κ2) is 6.71. The van der Waals surface area contributed by atoms with Gasteiger partial charge in [-0.05, 0) is 37.8 Å². The van der Waals surface area contributed by atoms with Crippen LogP contribution in [0, 0.1) is 0 Å². The molecule has 0 aromatic carbocycles. The van der Waals surface area contributed by atoms with E-state index in [-0.39, 0.29) is 12.1 Å². The minimum atomic E-state index is 0.0146. The Balaban J connectivity index is 1.82. The van der Waals surface area contributed by atoms with Gasteiger partial charge in [-0.3, -0.25) is 4.98 Å². The van der Waals surface area contributed by atoms with Gasteiger partial charge in [-0.15, -0.1) is 0 Å². The molecule has 0 bridgehead atoms. The molecule has 1 aromatic rings. The molecule has 1 fully saturated rings. The Labute approximate surface area is 108 Å². The summed E-state index contributed by atoms with van der Waals surface area (Å²) in [5.41, 5.74) is 6.83. The van der Waals surface area contributed by atoms with Gasteiger partial charge in [0.2, 0.25) is 0 Å². The van der Waals surface area contributed by atoms with Crippen LogP contribution in [0.2, 0.25) is 0 Å². The lowest BCUT2D eigenvalue weighted by atomic mass is 10.1. The Bertz CT molecular complexity index is 347. The highest BCUT2D eigenvalue weighted by Gasteiger charge is 2.14. The fourth-order valence-corrected chi connectivity index (χ4v) is 2.03. The van der Waals surface area contributed by atoms with Crippen LogP contribution >= 0.6 is 0 Å². The van der Waals surface area contributed by atoms with Gasteiger partial charge in [0.05, 0.1) is 18.0 Å². The van der Waals surface area contributed by atoms with E-state index in [1.54, 1.807) is 6.20 Å². The first-order chi connectivity index (χ1) is 8.79. The molecule has 2 atom stereocenters. The zero-order chi connectivity index (χ0) is 12.8.